The van der Waals surface area contributed by atoms with Gasteiger partial charge in [-0.3, -0.25) is 0 Å². The predicted octanol–water partition coefficient (Wildman–Crippen LogP) is 4.57. The van der Waals surface area contributed by atoms with E-state index in [2.05, 4.69) is 30.6 Å². The second-order valence-electron chi connectivity index (χ2n) is 6.57. The van der Waals surface area contributed by atoms with Crippen LogP contribution in [0.5, 0.6) is 0 Å². The molecule has 2 heterocycles. The van der Waals surface area contributed by atoms with E-state index in [1.807, 2.05) is 37.3 Å². The van der Waals surface area contributed by atoms with Crippen molar-refractivity contribution in [1.82, 2.24) is 29.9 Å². The van der Waals surface area contributed by atoms with Crippen LogP contribution in [0.3, 0.4) is 0 Å². The van der Waals surface area contributed by atoms with Crippen molar-refractivity contribution in [1.29, 1.82) is 0 Å². The Morgan fingerprint density at radius 3 is 2.74 bits per heavy atom. The molecule has 0 aliphatic rings. The lowest BCUT2D eigenvalue weighted by atomic mass is 10.3. The third-order valence-corrected chi connectivity index (χ3v) is 5.72. The zero-order valence-corrected chi connectivity index (χ0v) is 18.0. The molecule has 0 radical (unpaired) electrons. The molecule has 0 bridgehead atoms. The maximum atomic E-state index is 13.4. The first kappa shape index (κ1) is 21.0. The van der Waals surface area contributed by atoms with Crippen molar-refractivity contribution in [2.75, 3.05) is 11.1 Å². The predicted molar refractivity (Wildman–Crippen MR) is 120 cm³/mol. The molecule has 0 amide bonds. The van der Waals surface area contributed by atoms with Crippen LogP contribution in [-0.4, -0.2) is 29.9 Å². The van der Waals surface area contributed by atoms with Crippen molar-refractivity contribution in [2.45, 2.75) is 17.9 Å². The highest BCUT2D eigenvalue weighted by Gasteiger charge is 2.15. The van der Waals surface area contributed by atoms with Crippen LogP contribution < -0.4 is 11.1 Å². The minimum absolute atomic E-state index is 0.0323. The van der Waals surface area contributed by atoms with E-state index in [1.165, 1.54) is 12.1 Å². The highest BCUT2D eigenvalue weighted by atomic mass is 35.5. The number of nitrogens with one attached hydrogen (secondary N) is 1. The molecule has 0 saturated heterocycles. The summed E-state index contributed by atoms with van der Waals surface area (Å²) in [5.41, 5.74) is 8.11. The molecule has 11 heteroatoms. The molecule has 0 fully saturated rings. The van der Waals surface area contributed by atoms with E-state index in [9.17, 15) is 4.39 Å². The molecule has 8 nitrogen and oxygen atoms in total. The lowest BCUT2D eigenvalue weighted by molar-refractivity contribution is 0.627. The molecule has 0 aliphatic carbocycles. The van der Waals surface area contributed by atoms with E-state index in [4.69, 9.17) is 17.3 Å². The van der Waals surface area contributed by atoms with Gasteiger partial charge in [0.05, 0.1) is 27.9 Å². The van der Waals surface area contributed by atoms with Gasteiger partial charge in [0, 0.05) is 11.4 Å². The smallest absolute Gasteiger partial charge is 0.232 e. The Labute approximate surface area is 187 Å². The zero-order valence-electron chi connectivity index (χ0n) is 16.4. The molecule has 1 atom stereocenters. The third kappa shape index (κ3) is 5.28. The molecular weight excluding hydrogens is 439 g/mol. The summed E-state index contributed by atoms with van der Waals surface area (Å²) in [6.45, 7) is 1.98. The number of hydrogen-bond acceptors (Lipinski definition) is 8. The number of hydrogen-bond donors (Lipinski definition) is 2. The van der Waals surface area contributed by atoms with Crippen LogP contribution in [0.25, 0.3) is 5.69 Å². The fourth-order valence-corrected chi connectivity index (χ4v) is 3.68. The van der Waals surface area contributed by atoms with Crippen LogP contribution >= 0.6 is 23.4 Å². The van der Waals surface area contributed by atoms with Gasteiger partial charge in [-0.25, -0.2) is 9.07 Å². The average molecular weight is 457 g/mol. The Hall–Kier alpha value is -3.24. The molecule has 158 valence electrons. The van der Waals surface area contributed by atoms with Crippen LogP contribution in [0.15, 0.2) is 54.7 Å². The van der Waals surface area contributed by atoms with E-state index in [-0.39, 0.29) is 16.2 Å². The molecule has 4 rings (SSSR count). The number of para-hydroxylation sites is 1. The topological polar surface area (TPSA) is 107 Å². The molecule has 4 aromatic rings. The Bertz CT molecular complexity index is 1190. The minimum atomic E-state index is -0.479. The molecule has 0 saturated carbocycles. The van der Waals surface area contributed by atoms with Gasteiger partial charge in [0.15, 0.2) is 0 Å². The normalized spacial score (nSPS) is 12.0. The van der Waals surface area contributed by atoms with Crippen molar-refractivity contribution < 1.29 is 4.39 Å². The molecule has 31 heavy (non-hydrogen) atoms. The van der Waals surface area contributed by atoms with Crippen molar-refractivity contribution >= 4 is 40.9 Å². The van der Waals surface area contributed by atoms with Crippen LogP contribution in [0.4, 0.5) is 22.0 Å². The van der Waals surface area contributed by atoms with E-state index in [1.54, 1.807) is 28.7 Å². The Balaban J connectivity index is 1.42. The summed E-state index contributed by atoms with van der Waals surface area (Å²) in [6.07, 6.45) is 1.77. The van der Waals surface area contributed by atoms with Gasteiger partial charge in [0.2, 0.25) is 11.9 Å². The highest BCUT2D eigenvalue weighted by Crippen LogP contribution is 2.29. The number of nitrogen functional groups attached to an aromatic ring is 1. The Morgan fingerprint density at radius 2 is 1.97 bits per heavy atom. The number of aromatic nitrogens is 6. The van der Waals surface area contributed by atoms with Crippen molar-refractivity contribution in [3.05, 3.63) is 77.1 Å². The number of thioether (sulfide) groups is 1. The maximum Gasteiger partial charge on any atom is 0.232 e. The quantitative estimate of drug-likeness (QED) is 0.416. The number of benzene rings is 2. The zero-order chi connectivity index (χ0) is 21.8. The largest absolute Gasteiger partial charge is 0.368 e. The average Bonchev–Trinajstić information content (AvgIpc) is 3.23. The summed E-state index contributed by atoms with van der Waals surface area (Å²) >= 11 is 7.43. The van der Waals surface area contributed by atoms with Gasteiger partial charge in [0.1, 0.15) is 11.6 Å². The number of nitrogens with two attached hydrogens (primary N) is 1. The second kappa shape index (κ2) is 9.27. The summed E-state index contributed by atoms with van der Waals surface area (Å²) in [5.74, 6) is 1.19. The van der Waals surface area contributed by atoms with E-state index in [0.29, 0.717) is 23.2 Å². The highest BCUT2D eigenvalue weighted by molar-refractivity contribution is 7.98. The van der Waals surface area contributed by atoms with Gasteiger partial charge in [-0.05, 0) is 37.3 Å². The fraction of sp³-hybridized carbons (Fsp3) is 0.150. The maximum absolute atomic E-state index is 13.4. The van der Waals surface area contributed by atoms with Crippen molar-refractivity contribution in [3.63, 3.8) is 0 Å². The first-order valence-corrected chi connectivity index (χ1v) is 10.7. The standard InChI is InChI=1S/C20H18ClFN8S/c1-12(18-25-19(23)27-20(26-18)24-13-5-3-2-4-6-13)31-11-14-10-30(29-28-14)15-7-8-17(22)16(21)9-15/h2-10,12H,11H2,1H3,(H3,23,24,25,26,27). The molecule has 2 aromatic carbocycles. The first-order chi connectivity index (χ1) is 15.0. The number of rotatable bonds is 7. The first-order valence-electron chi connectivity index (χ1n) is 9.30. The Morgan fingerprint density at radius 1 is 1.16 bits per heavy atom. The van der Waals surface area contributed by atoms with Gasteiger partial charge in [-0.15, -0.1) is 16.9 Å². The van der Waals surface area contributed by atoms with Crippen LogP contribution in [-0.2, 0) is 5.75 Å². The van der Waals surface area contributed by atoms with Gasteiger partial charge < -0.3 is 11.1 Å². The van der Waals surface area contributed by atoms with Crippen molar-refractivity contribution in [3.8, 4) is 5.69 Å². The molecule has 2 aromatic heterocycles. The van der Waals surface area contributed by atoms with Crippen LogP contribution in [0.2, 0.25) is 5.02 Å². The van der Waals surface area contributed by atoms with E-state index < -0.39 is 5.82 Å². The number of anilines is 3. The van der Waals surface area contributed by atoms with Crippen LogP contribution in [0, 0.1) is 5.82 Å². The van der Waals surface area contributed by atoms with E-state index >= 15 is 0 Å². The summed E-state index contributed by atoms with van der Waals surface area (Å²) in [7, 11) is 0. The van der Waals surface area contributed by atoms with Gasteiger partial charge in [-0.1, -0.05) is 35.0 Å². The SMILES string of the molecule is CC(SCc1cn(-c2ccc(F)c(Cl)c2)nn1)c1nc(N)nc(Nc2ccccc2)n1. The monoisotopic (exact) mass is 456 g/mol. The van der Waals surface area contributed by atoms with Gasteiger partial charge in [-0.2, -0.15) is 15.0 Å². The molecule has 0 aliphatic heterocycles. The minimum Gasteiger partial charge on any atom is -0.368 e. The lowest BCUT2D eigenvalue weighted by Gasteiger charge is -2.11. The molecular formula is C20H18ClFN8S. The van der Waals surface area contributed by atoms with Crippen LogP contribution in [0.1, 0.15) is 23.7 Å². The van der Waals surface area contributed by atoms with Gasteiger partial charge >= 0.3 is 0 Å². The summed E-state index contributed by atoms with van der Waals surface area (Å²) in [6, 6.07) is 14.0. The van der Waals surface area contributed by atoms with Crippen molar-refractivity contribution in [2.24, 2.45) is 0 Å². The Kier molecular flexibility index (Phi) is 6.28. The van der Waals surface area contributed by atoms with Gasteiger partial charge in [0.25, 0.3) is 0 Å². The number of nitrogens with zero attached hydrogens (tertiary/aromatic N) is 6. The lowest BCUT2D eigenvalue weighted by Crippen LogP contribution is -2.08. The second-order valence-corrected chi connectivity index (χ2v) is 8.31. The fourth-order valence-electron chi connectivity index (χ4n) is 2.70. The number of halogens is 2. The summed E-state index contributed by atoms with van der Waals surface area (Å²) in [5, 5.41) is 11.3. The molecule has 0 spiro atoms. The molecule has 3 N–H and O–H groups in total. The summed E-state index contributed by atoms with van der Waals surface area (Å²) < 4.78 is 14.9. The summed E-state index contributed by atoms with van der Waals surface area (Å²) in [4.78, 5) is 12.9. The third-order valence-electron chi connectivity index (χ3n) is 4.25. The van der Waals surface area contributed by atoms with E-state index in [0.717, 1.165) is 11.4 Å². The molecule has 1 unspecified atom stereocenters.